The third kappa shape index (κ3) is 2.67. The summed E-state index contributed by atoms with van der Waals surface area (Å²) in [4.78, 5) is 10.7. The third-order valence-corrected chi connectivity index (χ3v) is 3.58. The first-order valence-corrected chi connectivity index (χ1v) is 6.36. The van der Waals surface area contributed by atoms with Crippen molar-refractivity contribution in [3.8, 4) is 0 Å². The van der Waals surface area contributed by atoms with Crippen molar-refractivity contribution in [1.82, 2.24) is 9.88 Å². The Morgan fingerprint density at radius 1 is 1.61 bits per heavy atom. The van der Waals surface area contributed by atoms with Gasteiger partial charge in [0.25, 0.3) is 0 Å². The Balaban J connectivity index is 2.12. The van der Waals surface area contributed by atoms with Crippen LogP contribution in [0.5, 0.6) is 0 Å². The zero-order valence-corrected chi connectivity index (χ0v) is 11.1. The van der Waals surface area contributed by atoms with Crippen LogP contribution in [-0.2, 0) is 13.0 Å². The Hall–Kier alpha value is -1.49. The Morgan fingerprint density at radius 2 is 2.33 bits per heavy atom. The molecule has 1 aliphatic rings. The fourth-order valence-corrected chi connectivity index (χ4v) is 2.80. The molecule has 1 heterocycles. The minimum atomic E-state index is -0.479. The molecule has 0 radical (unpaired) electrons. The van der Waals surface area contributed by atoms with Gasteiger partial charge in [-0.2, -0.15) is 0 Å². The van der Waals surface area contributed by atoms with Gasteiger partial charge in [0, 0.05) is 31.0 Å². The predicted octanol–water partition coefficient (Wildman–Crippen LogP) is 1.13. The zero-order chi connectivity index (χ0) is 13.3. The van der Waals surface area contributed by atoms with Crippen molar-refractivity contribution in [1.29, 1.82) is 0 Å². The summed E-state index contributed by atoms with van der Waals surface area (Å²) in [6.45, 7) is 5.77. The summed E-state index contributed by atoms with van der Waals surface area (Å²) in [5.74, 6) is 0. The van der Waals surface area contributed by atoms with Crippen molar-refractivity contribution >= 4 is 6.03 Å². The number of rotatable bonds is 3. The summed E-state index contributed by atoms with van der Waals surface area (Å²) < 4.78 is 2.17. The summed E-state index contributed by atoms with van der Waals surface area (Å²) in [5.41, 5.74) is 14.0. The van der Waals surface area contributed by atoms with Crippen LogP contribution in [0.3, 0.4) is 0 Å². The number of nitrogens with zero attached hydrogens (tertiary/aromatic N) is 1. The number of hydrogen-bond donors (Lipinski definition) is 3. The molecule has 1 aromatic rings. The van der Waals surface area contributed by atoms with Crippen LogP contribution in [0.2, 0.25) is 0 Å². The topological polar surface area (TPSA) is 86.1 Å². The Morgan fingerprint density at radius 3 is 3.00 bits per heavy atom. The normalized spacial score (nSPS) is 21.4. The van der Waals surface area contributed by atoms with E-state index in [4.69, 9.17) is 11.5 Å². The van der Waals surface area contributed by atoms with Crippen LogP contribution in [0.25, 0.3) is 0 Å². The van der Waals surface area contributed by atoms with Gasteiger partial charge in [-0.15, -0.1) is 0 Å². The van der Waals surface area contributed by atoms with E-state index in [9.17, 15) is 4.79 Å². The molecule has 100 valence electrons. The lowest BCUT2D eigenvalue weighted by Crippen LogP contribution is -2.33. The van der Waals surface area contributed by atoms with Gasteiger partial charge in [-0.1, -0.05) is 13.8 Å². The highest BCUT2D eigenvalue weighted by Crippen LogP contribution is 2.39. The highest BCUT2D eigenvalue weighted by molar-refractivity contribution is 5.71. The van der Waals surface area contributed by atoms with Crippen LogP contribution in [-0.4, -0.2) is 17.1 Å². The molecule has 18 heavy (non-hydrogen) atoms. The maximum absolute atomic E-state index is 10.7. The van der Waals surface area contributed by atoms with E-state index in [-0.39, 0.29) is 11.5 Å². The number of carbonyl (C=O) groups excluding carboxylic acids is 1. The van der Waals surface area contributed by atoms with Gasteiger partial charge in [-0.05, 0) is 29.9 Å². The maximum Gasteiger partial charge on any atom is 0.312 e. The van der Waals surface area contributed by atoms with E-state index in [1.807, 2.05) is 0 Å². The van der Waals surface area contributed by atoms with Gasteiger partial charge in [0.05, 0.1) is 0 Å². The van der Waals surface area contributed by atoms with Crippen molar-refractivity contribution in [2.45, 2.75) is 39.3 Å². The van der Waals surface area contributed by atoms with E-state index in [1.54, 1.807) is 0 Å². The number of carbonyl (C=O) groups is 1. The largest absolute Gasteiger partial charge is 0.352 e. The summed E-state index contributed by atoms with van der Waals surface area (Å²) in [7, 11) is 0. The zero-order valence-electron chi connectivity index (χ0n) is 11.1. The fraction of sp³-hybridized carbons (Fsp3) is 0.615. The number of aromatic nitrogens is 1. The lowest BCUT2D eigenvalue weighted by Gasteiger charge is -2.34. The molecule has 0 saturated heterocycles. The fourth-order valence-electron chi connectivity index (χ4n) is 2.80. The smallest absolute Gasteiger partial charge is 0.312 e. The quantitative estimate of drug-likeness (QED) is 0.751. The number of amides is 2. The Bertz CT molecular complexity index is 450. The molecule has 2 amide bonds. The second-order valence-corrected chi connectivity index (χ2v) is 5.85. The van der Waals surface area contributed by atoms with Gasteiger partial charge in [-0.25, -0.2) is 4.79 Å². The second kappa shape index (κ2) is 4.65. The molecule has 1 unspecified atom stereocenters. The van der Waals surface area contributed by atoms with Crippen molar-refractivity contribution in [2.24, 2.45) is 16.9 Å². The highest BCUT2D eigenvalue weighted by Gasteiger charge is 2.32. The first-order chi connectivity index (χ1) is 8.39. The molecule has 1 aromatic heterocycles. The van der Waals surface area contributed by atoms with E-state index in [0.29, 0.717) is 6.54 Å². The number of nitrogens with one attached hydrogen (secondary N) is 1. The molecule has 5 nitrogen and oxygen atoms in total. The number of urea groups is 1. The average molecular weight is 250 g/mol. The van der Waals surface area contributed by atoms with Gasteiger partial charge >= 0.3 is 6.03 Å². The molecule has 0 fully saturated rings. The number of primary amides is 1. The summed E-state index contributed by atoms with van der Waals surface area (Å²) in [6.07, 6.45) is 4.09. The Labute approximate surface area is 108 Å². The lowest BCUT2D eigenvalue weighted by molar-refractivity contribution is 0.248. The molecule has 0 bridgehead atoms. The van der Waals surface area contributed by atoms with Crippen molar-refractivity contribution in [3.63, 3.8) is 0 Å². The van der Waals surface area contributed by atoms with E-state index in [0.717, 1.165) is 19.4 Å². The highest BCUT2D eigenvalue weighted by atomic mass is 16.2. The van der Waals surface area contributed by atoms with Gasteiger partial charge in [0.2, 0.25) is 0 Å². The molecule has 1 aliphatic carbocycles. The molecular weight excluding hydrogens is 228 g/mol. The molecule has 0 saturated carbocycles. The van der Waals surface area contributed by atoms with Crippen LogP contribution >= 0.6 is 0 Å². The minimum absolute atomic E-state index is 0.120. The summed E-state index contributed by atoms with van der Waals surface area (Å²) in [6, 6.07) is 1.74. The monoisotopic (exact) mass is 250 g/mol. The molecule has 5 heteroatoms. The molecule has 0 spiro atoms. The predicted molar refractivity (Wildman–Crippen MR) is 71.0 cm³/mol. The standard InChI is InChI=1S/C13H22N4O/c1-13(2)7-10(14)9-3-5-17(11(9)8-13)6-4-16-12(15)18/h3,5,10H,4,6-8,14H2,1-2H3,(H3,15,16,18). The number of hydrogen-bond acceptors (Lipinski definition) is 2. The van der Waals surface area contributed by atoms with Crippen LogP contribution in [0, 0.1) is 5.41 Å². The SMILES string of the molecule is CC1(C)Cc2c(ccn2CCNC(N)=O)C(N)C1. The van der Waals surface area contributed by atoms with Crippen LogP contribution in [0.4, 0.5) is 4.79 Å². The first kappa shape index (κ1) is 13.0. The van der Waals surface area contributed by atoms with Gasteiger partial charge in [0.15, 0.2) is 0 Å². The third-order valence-electron chi connectivity index (χ3n) is 3.58. The van der Waals surface area contributed by atoms with Gasteiger partial charge in [0.1, 0.15) is 0 Å². The number of nitrogens with two attached hydrogens (primary N) is 2. The van der Waals surface area contributed by atoms with E-state index in [2.05, 4.69) is 36.0 Å². The van der Waals surface area contributed by atoms with Gasteiger partial charge < -0.3 is 21.4 Å². The van der Waals surface area contributed by atoms with Crippen LogP contribution in [0.15, 0.2) is 12.3 Å². The van der Waals surface area contributed by atoms with E-state index < -0.39 is 6.03 Å². The molecule has 1 atom stereocenters. The Kier molecular flexibility index (Phi) is 3.34. The molecular formula is C13H22N4O. The molecule has 2 rings (SSSR count). The summed E-state index contributed by atoms with van der Waals surface area (Å²) >= 11 is 0. The molecule has 0 aliphatic heterocycles. The minimum Gasteiger partial charge on any atom is -0.352 e. The summed E-state index contributed by atoms with van der Waals surface area (Å²) in [5, 5.41) is 2.61. The first-order valence-electron chi connectivity index (χ1n) is 6.36. The van der Waals surface area contributed by atoms with Crippen molar-refractivity contribution in [2.75, 3.05) is 6.54 Å². The average Bonchev–Trinajstić information content (AvgIpc) is 2.59. The molecule has 0 aromatic carbocycles. The van der Waals surface area contributed by atoms with E-state index >= 15 is 0 Å². The molecule has 5 N–H and O–H groups in total. The second-order valence-electron chi connectivity index (χ2n) is 5.85. The number of fused-ring (bicyclic) bond motifs is 1. The lowest BCUT2D eigenvalue weighted by atomic mass is 9.74. The van der Waals surface area contributed by atoms with Crippen molar-refractivity contribution < 1.29 is 4.79 Å². The van der Waals surface area contributed by atoms with Crippen LogP contribution < -0.4 is 16.8 Å². The maximum atomic E-state index is 10.7. The van der Waals surface area contributed by atoms with Crippen LogP contribution in [0.1, 0.15) is 37.6 Å². The van der Waals surface area contributed by atoms with Crippen molar-refractivity contribution in [3.05, 3.63) is 23.5 Å². The van der Waals surface area contributed by atoms with Gasteiger partial charge in [-0.3, -0.25) is 0 Å². The van der Waals surface area contributed by atoms with E-state index in [1.165, 1.54) is 11.3 Å².